The largest absolute Gasteiger partial charge is 0.338 e. The van der Waals surface area contributed by atoms with E-state index in [1.54, 1.807) is 18.2 Å². The van der Waals surface area contributed by atoms with Crippen LogP contribution in [0.25, 0.3) is 11.4 Å². The maximum atomic E-state index is 12.2. The normalized spacial score (nSPS) is 11.5. The summed E-state index contributed by atoms with van der Waals surface area (Å²) in [5.74, 6) is 0.312. The van der Waals surface area contributed by atoms with Crippen LogP contribution in [0.5, 0.6) is 0 Å². The molecule has 0 unspecified atom stereocenters. The summed E-state index contributed by atoms with van der Waals surface area (Å²) in [6.45, 7) is 1.66. The topological polar surface area (TPSA) is 118 Å². The first-order valence-electron chi connectivity index (χ1n) is 7.02. The van der Waals surface area contributed by atoms with Crippen LogP contribution in [-0.2, 0) is 16.6 Å². The summed E-state index contributed by atoms with van der Waals surface area (Å²) in [5, 5.41) is 3.74. The molecule has 0 saturated heterocycles. The van der Waals surface area contributed by atoms with Gasteiger partial charge in [0.05, 0.1) is 11.4 Å². The first kappa shape index (κ1) is 16.1. The van der Waals surface area contributed by atoms with Crippen molar-refractivity contribution in [3.63, 3.8) is 0 Å². The van der Waals surface area contributed by atoms with Crippen molar-refractivity contribution in [2.75, 3.05) is 0 Å². The van der Waals surface area contributed by atoms with Gasteiger partial charge < -0.3 is 9.51 Å². The molecule has 0 bridgehead atoms. The molecule has 3 rings (SSSR count). The minimum atomic E-state index is -3.68. The molecule has 8 nitrogen and oxygen atoms in total. The molecule has 2 heterocycles. The molecule has 24 heavy (non-hydrogen) atoms. The smallest absolute Gasteiger partial charge is 0.248 e. The fourth-order valence-electron chi connectivity index (χ4n) is 2.05. The highest BCUT2D eigenvalue weighted by Gasteiger charge is 2.16. The summed E-state index contributed by atoms with van der Waals surface area (Å²) in [7, 11) is -3.68. The highest BCUT2D eigenvalue weighted by molar-refractivity contribution is 7.89. The summed E-state index contributed by atoms with van der Waals surface area (Å²) in [5.41, 5.74) is 1.03. The monoisotopic (exact) mass is 346 g/mol. The maximum Gasteiger partial charge on any atom is 0.248 e. The molecule has 1 aromatic carbocycles. The molecule has 2 aromatic heterocycles. The standard InChI is InChI=1S/C15H14N4O4S/c1-10-3-2-4-12(7-10)24(21,22)17-9-14-18-15(19-23-14)11-5-6-16-13(20)8-11/h2-8,17H,9H2,1H3,(H,16,20). The number of aromatic amines is 1. The fourth-order valence-corrected chi connectivity index (χ4v) is 3.13. The zero-order valence-electron chi connectivity index (χ0n) is 12.7. The van der Waals surface area contributed by atoms with Gasteiger partial charge in [-0.2, -0.15) is 4.98 Å². The van der Waals surface area contributed by atoms with Crippen LogP contribution in [0.2, 0.25) is 0 Å². The number of nitrogens with zero attached hydrogens (tertiary/aromatic N) is 2. The van der Waals surface area contributed by atoms with Gasteiger partial charge in [-0.15, -0.1) is 0 Å². The Hall–Kier alpha value is -2.78. The number of nitrogens with one attached hydrogen (secondary N) is 2. The lowest BCUT2D eigenvalue weighted by Gasteiger charge is -2.05. The molecule has 0 aliphatic rings. The van der Waals surface area contributed by atoms with Crippen molar-refractivity contribution in [2.45, 2.75) is 18.4 Å². The molecule has 0 radical (unpaired) electrons. The van der Waals surface area contributed by atoms with Crippen molar-refractivity contribution in [2.24, 2.45) is 0 Å². The Morgan fingerprint density at radius 1 is 1.25 bits per heavy atom. The minimum Gasteiger partial charge on any atom is -0.338 e. The lowest BCUT2D eigenvalue weighted by atomic mass is 10.2. The summed E-state index contributed by atoms with van der Waals surface area (Å²) in [4.78, 5) is 18.0. The zero-order chi connectivity index (χ0) is 17.2. The van der Waals surface area contributed by atoms with Crippen LogP contribution in [0.3, 0.4) is 0 Å². The Labute approximate surface area is 137 Å². The molecule has 0 fully saturated rings. The van der Waals surface area contributed by atoms with Gasteiger partial charge in [0.2, 0.25) is 27.3 Å². The van der Waals surface area contributed by atoms with Crippen LogP contribution in [0.15, 0.2) is 56.8 Å². The Morgan fingerprint density at radius 2 is 2.08 bits per heavy atom. The predicted molar refractivity (Wildman–Crippen MR) is 85.6 cm³/mol. The maximum absolute atomic E-state index is 12.2. The van der Waals surface area contributed by atoms with Gasteiger partial charge in [-0.25, -0.2) is 13.1 Å². The highest BCUT2D eigenvalue weighted by atomic mass is 32.2. The number of aryl methyl sites for hydroxylation is 1. The number of hydrogen-bond acceptors (Lipinski definition) is 6. The van der Waals surface area contributed by atoms with E-state index in [1.807, 2.05) is 13.0 Å². The third-order valence-corrected chi connectivity index (χ3v) is 4.61. The van der Waals surface area contributed by atoms with Crippen molar-refractivity contribution in [1.82, 2.24) is 19.8 Å². The van der Waals surface area contributed by atoms with E-state index in [0.29, 0.717) is 5.56 Å². The number of benzene rings is 1. The first-order chi connectivity index (χ1) is 11.4. The average Bonchev–Trinajstić information content (AvgIpc) is 3.02. The van der Waals surface area contributed by atoms with Crippen LogP contribution in [0.4, 0.5) is 0 Å². The van der Waals surface area contributed by atoms with Gasteiger partial charge in [-0.1, -0.05) is 17.3 Å². The van der Waals surface area contributed by atoms with Crippen LogP contribution < -0.4 is 10.3 Å². The second kappa shape index (κ2) is 6.38. The summed E-state index contributed by atoms with van der Waals surface area (Å²) >= 11 is 0. The summed E-state index contributed by atoms with van der Waals surface area (Å²) < 4.78 is 31.9. The molecule has 124 valence electrons. The second-order valence-corrected chi connectivity index (χ2v) is 6.86. The van der Waals surface area contributed by atoms with E-state index in [2.05, 4.69) is 19.8 Å². The van der Waals surface area contributed by atoms with Gasteiger partial charge in [0.15, 0.2) is 0 Å². The van der Waals surface area contributed by atoms with Crippen LogP contribution in [0.1, 0.15) is 11.5 Å². The van der Waals surface area contributed by atoms with Gasteiger partial charge >= 0.3 is 0 Å². The van der Waals surface area contributed by atoms with E-state index in [9.17, 15) is 13.2 Å². The van der Waals surface area contributed by atoms with Crippen molar-refractivity contribution in [3.05, 3.63) is 64.4 Å². The third-order valence-electron chi connectivity index (χ3n) is 3.21. The second-order valence-electron chi connectivity index (χ2n) is 5.09. The lowest BCUT2D eigenvalue weighted by Crippen LogP contribution is -2.23. The number of sulfonamides is 1. The molecule has 3 aromatic rings. The van der Waals surface area contributed by atoms with Gasteiger partial charge in [-0.05, 0) is 30.7 Å². The van der Waals surface area contributed by atoms with Crippen molar-refractivity contribution in [1.29, 1.82) is 0 Å². The van der Waals surface area contributed by atoms with Crippen molar-refractivity contribution >= 4 is 10.0 Å². The van der Waals surface area contributed by atoms with Gasteiger partial charge in [0.1, 0.15) is 0 Å². The Kier molecular flexibility index (Phi) is 4.28. The summed E-state index contributed by atoms with van der Waals surface area (Å²) in [6.07, 6.45) is 1.47. The molecule has 0 amide bonds. The van der Waals surface area contributed by atoms with E-state index < -0.39 is 10.0 Å². The molecule has 0 aliphatic carbocycles. The number of rotatable bonds is 5. The predicted octanol–water partition coefficient (Wildman–Crippen LogP) is 1.21. The molecule has 0 saturated carbocycles. The van der Waals surface area contributed by atoms with Crippen LogP contribution in [0, 0.1) is 6.92 Å². The SMILES string of the molecule is Cc1cccc(S(=O)(=O)NCc2nc(-c3cc[nH]c(=O)c3)no2)c1. The number of H-pyrrole nitrogens is 1. The fraction of sp³-hybridized carbons (Fsp3) is 0.133. The molecule has 2 N–H and O–H groups in total. The average molecular weight is 346 g/mol. The zero-order valence-corrected chi connectivity index (χ0v) is 13.5. The van der Waals surface area contributed by atoms with Crippen molar-refractivity contribution in [3.8, 4) is 11.4 Å². The lowest BCUT2D eigenvalue weighted by molar-refractivity contribution is 0.376. The minimum absolute atomic E-state index is 0.0986. The van der Waals surface area contributed by atoms with E-state index in [1.165, 1.54) is 18.3 Å². The molecule has 9 heteroatoms. The Bertz CT molecular complexity index is 1020. The van der Waals surface area contributed by atoms with Gasteiger partial charge in [0, 0.05) is 17.8 Å². The van der Waals surface area contributed by atoms with E-state index in [-0.39, 0.29) is 28.7 Å². The third kappa shape index (κ3) is 3.58. The van der Waals surface area contributed by atoms with E-state index >= 15 is 0 Å². The molecule has 0 aliphatic heterocycles. The van der Waals surface area contributed by atoms with Gasteiger partial charge in [-0.3, -0.25) is 4.79 Å². The molecule has 0 spiro atoms. The highest BCUT2D eigenvalue weighted by Crippen LogP contribution is 2.14. The van der Waals surface area contributed by atoms with E-state index in [4.69, 9.17) is 4.52 Å². The quantitative estimate of drug-likeness (QED) is 0.717. The van der Waals surface area contributed by atoms with E-state index in [0.717, 1.165) is 5.56 Å². The molecular weight excluding hydrogens is 332 g/mol. The Balaban J connectivity index is 1.75. The van der Waals surface area contributed by atoms with Crippen molar-refractivity contribution < 1.29 is 12.9 Å². The van der Waals surface area contributed by atoms with Crippen LogP contribution >= 0.6 is 0 Å². The van der Waals surface area contributed by atoms with Crippen LogP contribution in [-0.4, -0.2) is 23.5 Å². The molecular formula is C15H14N4O4S. The number of pyridine rings is 1. The number of hydrogen-bond donors (Lipinski definition) is 2. The summed E-state index contributed by atoms with van der Waals surface area (Å²) in [6, 6.07) is 9.49. The Morgan fingerprint density at radius 3 is 2.83 bits per heavy atom. The molecule has 0 atom stereocenters. The van der Waals surface area contributed by atoms with Gasteiger partial charge in [0.25, 0.3) is 0 Å². The number of aromatic nitrogens is 3. The first-order valence-corrected chi connectivity index (χ1v) is 8.50.